The average Bonchev–Trinajstić information content (AvgIpc) is 2.99. The predicted molar refractivity (Wildman–Crippen MR) is 101 cm³/mol. The van der Waals surface area contributed by atoms with Gasteiger partial charge in [0.25, 0.3) is 5.91 Å². The monoisotopic (exact) mass is 372 g/mol. The van der Waals surface area contributed by atoms with Crippen LogP contribution in [0.25, 0.3) is 10.9 Å². The van der Waals surface area contributed by atoms with E-state index in [9.17, 15) is 13.2 Å². The number of aromatic amines is 1. The van der Waals surface area contributed by atoms with Crippen molar-refractivity contribution in [1.29, 1.82) is 0 Å². The molecule has 8 heteroatoms. The number of sulfonamides is 1. The maximum Gasteiger partial charge on any atom is 0.276 e. The summed E-state index contributed by atoms with van der Waals surface area (Å²) >= 11 is 0. The van der Waals surface area contributed by atoms with Gasteiger partial charge in [-0.3, -0.25) is 9.89 Å². The smallest absolute Gasteiger partial charge is 0.276 e. The van der Waals surface area contributed by atoms with E-state index in [4.69, 9.17) is 0 Å². The number of carbonyl (C=O) groups is 1. The van der Waals surface area contributed by atoms with Crippen molar-refractivity contribution in [2.45, 2.75) is 18.7 Å². The Kier molecular flexibility index (Phi) is 4.55. The zero-order valence-corrected chi connectivity index (χ0v) is 15.8. The fourth-order valence-electron chi connectivity index (χ4n) is 2.64. The van der Waals surface area contributed by atoms with Crippen molar-refractivity contribution in [2.75, 3.05) is 19.4 Å². The lowest BCUT2D eigenvalue weighted by atomic mass is 10.1. The van der Waals surface area contributed by atoms with Gasteiger partial charge in [-0.2, -0.15) is 5.10 Å². The van der Waals surface area contributed by atoms with Crippen LogP contribution in [-0.2, 0) is 10.0 Å². The second kappa shape index (κ2) is 6.54. The normalized spacial score (nSPS) is 11.9. The summed E-state index contributed by atoms with van der Waals surface area (Å²) in [5.74, 6) is -0.404. The Morgan fingerprint density at radius 1 is 1.12 bits per heavy atom. The van der Waals surface area contributed by atoms with Gasteiger partial charge >= 0.3 is 0 Å². The Bertz CT molecular complexity index is 1100. The maximum absolute atomic E-state index is 12.6. The number of benzene rings is 2. The van der Waals surface area contributed by atoms with Gasteiger partial charge in [-0.1, -0.05) is 17.7 Å². The molecule has 0 saturated carbocycles. The van der Waals surface area contributed by atoms with Crippen molar-refractivity contribution in [3.63, 3.8) is 0 Å². The first-order chi connectivity index (χ1) is 12.2. The van der Waals surface area contributed by atoms with Gasteiger partial charge in [0.15, 0.2) is 5.69 Å². The van der Waals surface area contributed by atoms with Crippen LogP contribution in [-0.4, -0.2) is 42.9 Å². The molecule has 0 atom stereocenters. The van der Waals surface area contributed by atoms with Crippen molar-refractivity contribution in [3.8, 4) is 0 Å². The van der Waals surface area contributed by atoms with Crippen LogP contribution < -0.4 is 5.32 Å². The summed E-state index contributed by atoms with van der Waals surface area (Å²) in [7, 11) is -0.659. The molecule has 0 radical (unpaired) electrons. The number of fused-ring (bicyclic) bond motifs is 1. The standard InChI is InChI=1S/C18H20N4O3S/c1-11-5-8-15-14(9-11)17(21-20-15)18(23)19-13-7-6-12(2)16(10-13)26(24,25)22(3)4/h5-10H,1-4H3,(H,19,23)(H,20,21). The topological polar surface area (TPSA) is 95.2 Å². The molecule has 0 bridgehead atoms. The van der Waals surface area contributed by atoms with Gasteiger partial charge in [0.2, 0.25) is 10.0 Å². The number of aryl methyl sites for hydroxylation is 2. The van der Waals surface area contributed by atoms with Gasteiger partial charge in [0, 0.05) is 25.2 Å². The molecule has 136 valence electrons. The van der Waals surface area contributed by atoms with Gasteiger partial charge in [-0.05, 0) is 43.7 Å². The molecule has 7 nitrogen and oxygen atoms in total. The zero-order valence-electron chi connectivity index (χ0n) is 15.0. The Labute approximate surface area is 152 Å². The number of hydrogen-bond donors (Lipinski definition) is 2. The molecular formula is C18H20N4O3S. The summed E-state index contributed by atoms with van der Waals surface area (Å²) < 4.78 is 26.0. The summed E-state index contributed by atoms with van der Waals surface area (Å²) in [5.41, 5.74) is 3.05. The Balaban J connectivity index is 1.96. The summed E-state index contributed by atoms with van der Waals surface area (Å²) in [4.78, 5) is 12.8. The number of nitrogens with one attached hydrogen (secondary N) is 2. The van der Waals surface area contributed by atoms with Crippen LogP contribution in [0.3, 0.4) is 0 Å². The van der Waals surface area contributed by atoms with E-state index < -0.39 is 15.9 Å². The van der Waals surface area contributed by atoms with E-state index in [0.29, 0.717) is 11.3 Å². The number of rotatable bonds is 4. The highest BCUT2D eigenvalue weighted by Crippen LogP contribution is 2.24. The van der Waals surface area contributed by atoms with Gasteiger partial charge in [-0.15, -0.1) is 0 Å². The van der Waals surface area contributed by atoms with Crippen LogP contribution >= 0.6 is 0 Å². The molecule has 0 unspecified atom stereocenters. The van der Waals surface area contributed by atoms with Crippen molar-refractivity contribution in [3.05, 3.63) is 53.2 Å². The van der Waals surface area contributed by atoms with Crippen molar-refractivity contribution >= 4 is 32.5 Å². The lowest BCUT2D eigenvalue weighted by Crippen LogP contribution is -2.23. The SMILES string of the molecule is Cc1ccc2[nH]nc(C(=O)Nc3ccc(C)c(S(=O)(=O)N(C)C)c3)c2c1. The number of hydrogen-bond acceptors (Lipinski definition) is 4. The van der Waals surface area contributed by atoms with E-state index in [1.54, 1.807) is 19.1 Å². The lowest BCUT2D eigenvalue weighted by Gasteiger charge is -2.15. The molecule has 3 rings (SSSR count). The summed E-state index contributed by atoms with van der Waals surface area (Å²) in [6.07, 6.45) is 0. The third-order valence-corrected chi connectivity index (χ3v) is 6.10. The minimum Gasteiger partial charge on any atom is -0.321 e. The number of aromatic nitrogens is 2. The highest BCUT2D eigenvalue weighted by Gasteiger charge is 2.21. The number of carbonyl (C=O) groups excluding carboxylic acids is 1. The van der Waals surface area contributed by atoms with Crippen LogP contribution in [0, 0.1) is 13.8 Å². The van der Waals surface area contributed by atoms with Crippen molar-refractivity contribution < 1.29 is 13.2 Å². The van der Waals surface area contributed by atoms with E-state index in [1.807, 2.05) is 25.1 Å². The van der Waals surface area contributed by atoms with Gasteiger partial charge in [0.1, 0.15) is 0 Å². The van der Waals surface area contributed by atoms with Crippen molar-refractivity contribution in [1.82, 2.24) is 14.5 Å². The lowest BCUT2D eigenvalue weighted by molar-refractivity contribution is 0.102. The van der Waals surface area contributed by atoms with Crippen LogP contribution in [0.4, 0.5) is 5.69 Å². The molecular weight excluding hydrogens is 352 g/mol. The van der Waals surface area contributed by atoms with E-state index in [1.165, 1.54) is 20.2 Å². The fraction of sp³-hybridized carbons (Fsp3) is 0.222. The first-order valence-corrected chi connectivity index (χ1v) is 9.43. The highest BCUT2D eigenvalue weighted by atomic mass is 32.2. The average molecular weight is 372 g/mol. The largest absolute Gasteiger partial charge is 0.321 e. The minimum absolute atomic E-state index is 0.156. The summed E-state index contributed by atoms with van der Waals surface area (Å²) in [5, 5.41) is 10.4. The molecule has 26 heavy (non-hydrogen) atoms. The zero-order chi connectivity index (χ0) is 19.1. The molecule has 1 heterocycles. The maximum atomic E-state index is 12.6. The second-order valence-corrected chi connectivity index (χ2v) is 8.46. The predicted octanol–water partition coefficient (Wildman–Crippen LogP) is 2.68. The molecule has 0 aliphatic carbocycles. The quantitative estimate of drug-likeness (QED) is 0.736. The van der Waals surface area contributed by atoms with E-state index >= 15 is 0 Å². The summed E-state index contributed by atoms with van der Waals surface area (Å²) in [6, 6.07) is 10.5. The molecule has 1 aromatic heterocycles. The Hall–Kier alpha value is -2.71. The van der Waals surface area contributed by atoms with Crippen LogP contribution in [0.2, 0.25) is 0 Å². The number of H-pyrrole nitrogens is 1. The van der Waals surface area contributed by atoms with E-state index in [0.717, 1.165) is 20.8 Å². The number of amides is 1. The summed E-state index contributed by atoms with van der Waals surface area (Å²) in [6.45, 7) is 3.65. The Morgan fingerprint density at radius 2 is 1.85 bits per heavy atom. The molecule has 2 aromatic carbocycles. The van der Waals surface area contributed by atoms with Gasteiger partial charge in [0.05, 0.1) is 10.4 Å². The van der Waals surface area contributed by atoms with E-state index in [-0.39, 0.29) is 10.6 Å². The fourth-order valence-corrected chi connectivity index (χ4v) is 3.79. The molecule has 3 aromatic rings. The third-order valence-electron chi connectivity index (χ3n) is 4.14. The third kappa shape index (κ3) is 3.21. The Morgan fingerprint density at radius 3 is 2.54 bits per heavy atom. The molecule has 0 fully saturated rings. The first kappa shape index (κ1) is 18.1. The van der Waals surface area contributed by atoms with E-state index in [2.05, 4.69) is 15.5 Å². The van der Waals surface area contributed by atoms with Gasteiger partial charge in [-0.25, -0.2) is 12.7 Å². The molecule has 1 amide bonds. The molecule has 2 N–H and O–H groups in total. The molecule has 0 saturated heterocycles. The molecule has 0 aliphatic rings. The van der Waals surface area contributed by atoms with Crippen LogP contribution in [0.1, 0.15) is 21.6 Å². The van der Waals surface area contributed by atoms with Crippen LogP contribution in [0.15, 0.2) is 41.3 Å². The molecule has 0 spiro atoms. The molecule has 0 aliphatic heterocycles. The first-order valence-electron chi connectivity index (χ1n) is 7.99. The minimum atomic E-state index is -3.60. The van der Waals surface area contributed by atoms with Crippen molar-refractivity contribution in [2.24, 2.45) is 0 Å². The number of anilines is 1. The highest BCUT2D eigenvalue weighted by molar-refractivity contribution is 7.89. The second-order valence-electron chi connectivity index (χ2n) is 6.34. The van der Waals surface area contributed by atoms with Gasteiger partial charge < -0.3 is 5.32 Å². The number of nitrogens with zero attached hydrogens (tertiary/aromatic N) is 2. The van der Waals surface area contributed by atoms with Crippen LogP contribution in [0.5, 0.6) is 0 Å².